The molecule has 106 valence electrons. The van der Waals surface area contributed by atoms with Gasteiger partial charge in [-0.2, -0.15) is 0 Å². The average Bonchev–Trinajstić information content (AvgIpc) is 2.78. The highest BCUT2D eigenvalue weighted by atomic mass is 35.5. The molecule has 4 rings (SSSR count). The molecular formula is C16H15ClN4. The number of nitrogens with zero attached hydrogens (tertiary/aromatic N) is 4. The number of imidazole rings is 1. The first-order valence-corrected chi connectivity index (χ1v) is 7.68. The third-order valence-electron chi connectivity index (χ3n) is 3.98. The number of fused-ring (bicyclic) bond motifs is 2. The lowest BCUT2D eigenvalue weighted by Crippen LogP contribution is -2.02. The minimum atomic E-state index is 0.592. The molecular weight excluding hydrogens is 284 g/mol. The van der Waals surface area contributed by atoms with E-state index >= 15 is 0 Å². The van der Waals surface area contributed by atoms with Crippen molar-refractivity contribution in [2.24, 2.45) is 0 Å². The number of rotatable bonds is 1. The van der Waals surface area contributed by atoms with Crippen molar-refractivity contribution in [3.63, 3.8) is 0 Å². The first kappa shape index (κ1) is 12.8. The Kier molecular flexibility index (Phi) is 3.11. The van der Waals surface area contributed by atoms with Gasteiger partial charge in [0.15, 0.2) is 5.82 Å². The van der Waals surface area contributed by atoms with Crippen LogP contribution in [-0.2, 0) is 12.8 Å². The SMILES string of the molecule is Clc1nc(-c2cn3ccccc3n2)nc2c1CCCCC2. The maximum atomic E-state index is 6.38. The second-order valence-electron chi connectivity index (χ2n) is 5.42. The number of aromatic nitrogens is 4. The molecule has 5 heteroatoms. The van der Waals surface area contributed by atoms with E-state index in [1.807, 2.05) is 35.0 Å². The van der Waals surface area contributed by atoms with Crippen LogP contribution in [0.15, 0.2) is 30.6 Å². The average molecular weight is 299 g/mol. The third-order valence-corrected chi connectivity index (χ3v) is 4.29. The topological polar surface area (TPSA) is 43.1 Å². The van der Waals surface area contributed by atoms with E-state index in [-0.39, 0.29) is 0 Å². The van der Waals surface area contributed by atoms with Crippen LogP contribution in [0.1, 0.15) is 30.5 Å². The molecule has 0 radical (unpaired) electrons. The van der Waals surface area contributed by atoms with Crippen molar-refractivity contribution >= 4 is 17.2 Å². The molecule has 0 aromatic carbocycles. The lowest BCUT2D eigenvalue weighted by atomic mass is 10.1. The molecule has 1 aliphatic carbocycles. The monoisotopic (exact) mass is 298 g/mol. The minimum Gasteiger partial charge on any atom is -0.306 e. The van der Waals surface area contributed by atoms with Crippen molar-refractivity contribution in [2.75, 3.05) is 0 Å². The fraction of sp³-hybridized carbons (Fsp3) is 0.312. The summed E-state index contributed by atoms with van der Waals surface area (Å²) in [6.45, 7) is 0. The van der Waals surface area contributed by atoms with Crippen LogP contribution < -0.4 is 0 Å². The summed E-state index contributed by atoms with van der Waals surface area (Å²) < 4.78 is 1.97. The van der Waals surface area contributed by atoms with Crippen molar-refractivity contribution in [3.05, 3.63) is 47.0 Å². The second-order valence-corrected chi connectivity index (χ2v) is 5.77. The number of hydrogen-bond donors (Lipinski definition) is 0. The van der Waals surface area contributed by atoms with Gasteiger partial charge < -0.3 is 4.40 Å². The van der Waals surface area contributed by atoms with E-state index in [1.54, 1.807) is 0 Å². The fourth-order valence-electron chi connectivity index (χ4n) is 2.88. The predicted octanol–water partition coefficient (Wildman–Crippen LogP) is 3.71. The third kappa shape index (κ3) is 2.29. The molecule has 0 N–H and O–H groups in total. The van der Waals surface area contributed by atoms with Crippen LogP contribution in [0.2, 0.25) is 5.15 Å². The van der Waals surface area contributed by atoms with E-state index < -0.39 is 0 Å². The van der Waals surface area contributed by atoms with Gasteiger partial charge in [0.25, 0.3) is 0 Å². The maximum Gasteiger partial charge on any atom is 0.181 e. The van der Waals surface area contributed by atoms with Crippen LogP contribution in [0.4, 0.5) is 0 Å². The largest absolute Gasteiger partial charge is 0.306 e. The summed E-state index contributed by atoms with van der Waals surface area (Å²) in [6, 6.07) is 5.91. The Morgan fingerprint density at radius 2 is 1.90 bits per heavy atom. The Labute approximate surface area is 127 Å². The highest BCUT2D eigenvalue weighted by Gasteiger charge is 2.17. The molecule has 0 spiro atoms. The van der Waals surface area contributed by atoms with Crippen molar-refractivity contribution in [1.29, 1.82) is 0 Å². The van der Waals surface area contributed by atoms with Crippen molar-refractivity contribution in [3.8, 4) is 11.5 Å². The van der Waals surface area contributed by atoms with E-state index in [2.05, 4.69) is 9.97 Å². The van der Waals surface area contributed by atoms with Crippen LogP contribution in [0.5, 0.6) is 0 Å². The Bertz CT molecular complexity index is 776. The van der Waals surface area contributed by atoms with Gasteiger partial charge in [-0.3, -0.25) is 0 Å². The van der Waals surface area contributed by atoms with Crippen LogP contribution in [0, 0.1) is 0 Å². The van der Waals surface area contributed by atoms with Gasteiger partial charge in [0.2, 0.25) is 0 Å². The summed E-state index contributed by atoms with van der Waals surface area (Å²) in [5, 5.41) is 0.592. The van der Waals surface area contributed by atoms with Gasteiger partial charge in [0.05, 0.1) is 0 Å². The standard InChI is InChI=1S/C16H15ClN4/c17-15-11-6-2-1-3-7-12(11)19-16(20-15)13-10-21-9-5-4-8-14(21)18-13/h4-5,8-10H,1-3,6-7H2. The molecule has 0 saturated carbocycles. The minimum absolute atomic E-state index is 0.592. The number of hydrogen-bond acceptors (Lipinski definition) is 3. The molecule has 0 fully saturated rings. The van der Waals surface area contributed by atoms with Gasteiger partial charge in [-0.15, -0.1) is 0 Å². The van der Waals surface area contributed by atoms with Crippen molar-refractivity contribution in [1.82, 2.24) is 19.4 Å². The molecule has 1 aliphatic rings. The molecule has 0 saturated heterocycles. The van der Waals surface area contributed by atoms with Crippen LogP contribution >= 0.6 is 11.6 Å². The van der Waals surface area contributed by atoms with Crippen LogP contribution in [0.3, 0.4) is 0 Å². The van der Waals surface area contributed by atoms with Gasteiger partial charge in [-0.05, 0) is 37.8 Å². The molecule has 0 atom stereocenters. The zero-order valence-electron chi connectivity index (χ0n) is 11.6. The highest BCUT2D eigenvalue weighted by molar-refractivity contribution is 6.30. The maximum absolute atomic E-state index is 6.38. The van der Waals surface area contributed by atoms with Gasteiger partial charge in [-0.25, -0.2) is 15.0 Å². The van der Waals surface area contributed by atoms with E-state index in [4.69, 9.17) is 16.6 Å². The molecule has 3 aromatic heterocycles. The summed E-state index contributed by atoms with van der Waals surface area (Å²) >= 11 is 6.38. The zero-order chi connectivity index (χ0) is 14.2. The van der Waals surface area contributed by atoms with Crippen molar-refractivity contribution in [2.45, 2.75) is 32.1 Å². The first-order valence-electron chi connectivity index (χ1n) is 7.31. The fourth-order valence-corrected chi connectivity index (χ4v) is 3.17. The second kappa shape index (κ2) is 5.11. The van der Waals surface area contributed by atoms with Gasteiger partial charge >= 0.3 is 0 Å². The quantitative estimate of drug-likeness (QED) is 0.508. The predicted molar refractivity (Wildman–Crippen MR) is 82.5 cm³/mol. The summed E-state index contributed by atoms with van der Waals surface area (Å²) in [7, 11) is 0. The molecule has 0 amide bonds. The van der Waals surface area contributed by atoms with Crippen LogP contribution in [-0.4, -0.2) is 19.4 Å². The summed E-state index contributed by atoms with van der Waals surface area (Å²) in [5.41, 5.74) is 3.89. The molecule has 0 unspecified atom stereocenters. The van der Waals surface area contributed by atoms with Crippen molar-refractivity contribution < 1.29 is 0 Å². The lowest BCUT2D eigenvalue weighted by Gasteiger charge is -2.07. The van der Waals surface area contributed by atoms with Gasteiger partial charge in [0.1, 0.15) is 16.5 Å². The normalized spacial score (nSPS) is 14.9. The summed E-state index contributed by atoms with van der Waals surface area (Å²) in [5.74, 6) is 0.629. The number of halogens is 1. The Balaban J connectivity index is 1.84. The van der Waals surface area contributed by atoms with E-state index in [1.165, 1.54) is 19.3 Å². The first-order chi connectivity index (χ1) is 10.3. The molecule has 4 nitrogen and oxygen atoms in total. The molecule has 0 aliphatic heterocycles. The molecule has 0 bridgehead atoms. The van der Waals surface area contributed by atoms with E-state index in [0.29, 0.717) is 11.0 Å². The Morgan fingerprint density at radius 1 is 1.00 bits per heavy atom. The smallest absolute Gasteiger partial charge is 0.181 e. The molecule has 3 heterocycles. The molecule has 21 heavy (non-hydrogen) atoms. The summed E-state index contributed by atoms with van der Waals surface area (Å²) in [4.78, 5) is 13.8. The summed E-state index contributed by atoms with van der Waals surface area (Å²) in [6.07, 6.45) is 9.46. The van der Waals surface area contributed by atoms with Gasteiger partial charge in [0, 0.05) is 23.7 Å². The van der Waals surface area contributed by atoms with E-state index in [0.717, 1.165) is 35.4 Å². The Hall–Kier alpha value is -1.94. The highest BCUT2D eigenvalue weighted by Crippen LogP contribution is 2.27. The molecule has 3 aromatic rings. The number of aryl methyl sites for hydroxylation is 1. The van der Waals surface area contributed by atoms with Crippen LogP contribution in [0.25, 0.3) is 17.2 Å². The number of pyridine rings is 1. The lowest BCUT2D eigenvalue weighted by molar-refractivity contribution is 0.709. The van der Waals surface area contributed by atoms with Gasteiger partial charge in [-0.1, -0.05) is 24.1 Å². The van der Waals surface area contributed by atoms with E-state index in [9.17, 15) is 0 Å². The Morgan fingerprint density at radius 3 is 2.81 bits per heavy atom. The zero-order valence-corrected chi connectivity index (χ0v) is 12.3.